The first-order valence-electron chi connectivity index (χ1n) is 6.00. The Morgan fingerprint density at radius 3 is 2.80 bits per heavy atom. The maximum atomic E-state index is 12.4. The van der Waals surface area contributed by atoms with E-state index in [2.05, 4.69) is 4.98 Å². The number of aromatic nitrogens is 2. The fourth-order valence-electron chi connectivity index (χ4n) is 1.90. The number of nitrogens with zero attached hydrogens (tertiary/aromatic N) is 1. The van der Waals surface area contributed by atoms with E-state index in [4.69, 9.17) is 17.0 Å². The summed E-state index contributed by atoms with van der Waals surface area (Å²) in [4.78, 5) is 17.2. The van der Waals surface area contributed by atoms with E-state index in [9.17, 15) is 13.6 Å². The van der Waals surface area contributed by atoms with Crippen LogP contribution in [0.15, 0.2) is 4.79 Å². The molecule has 0 amide bonds. The summed E-state index contributed by atoms with van der Waals surface area (Å²) in [5.74, 6) is 0. The minimum atomic E-state index is -2.51. The third-order valence-electron chi connectivity index (χ3n) is 3.01. The van der Waals surface area contributed by atoms with E-state index in [1.54, 1.807) is 0 Å². The lowest BCUT2D eigenvalue weighted by Crippen LogP contribution is -2.24. The van der Waals surface area contributed by atoms with E-state index >= 15 is 0 Å². The quantitative estimate of drug-likeness (QED) is 0.680. The van der Waals surface area contributed by atoms with E-state index in [-0.39, 0.29) is 23.5 Å². The maximum Gasteiger partial charge on any atom is 0.263 e. The van der Waals surface area contributed by atoms with E-state index < -0.39 is 13.0 Å². The van der Waals surface area contributed by atoms with Gasteiger partial charge in [-0.3, -0.25) is 9.36 Å². The minimum Gasteiger partial charge on any atom is -0.374 e. The van der Waals surface area contributed by atoms with Gasteiger partial charge in [-0.2, -0.15) is 0 Å². The summed E-state index contributed by atoms with van der Waals surface area (Å²) in [5, 5.41) is 0.606. The molecule has 1 N–H and O–H groups in total. The molecule has 2 aromatic heterocycles. The van der Waals surface area contributed by atoms with Crippen molar-refractivity contribution in [3.8, 4) is 0 Å². The van der Waals surface area contributed by atoms with Crippen LogP contribution in [-0.4, -0.2) is 29.2 Å². The molecule has 0 radical (unpaired) electrons. The Morgan fingerprint density at radius 1 is 1.45 bits per heavy atom. The Balaban J connectivity index is 2.32. The number of hydrogen-bond donors (Lipinski definition) is 1. The highest BCUT2D eigenvalue weighted by Crippen LogP contribution is 2.25. The molecule has 2 heterocycles. The largest absolute Gasteiger partial charge is 0.374 e. The number of H-pyrrole nitrogens is 1. The van der Waals surface area contributed by atoms with Crippen LogP contribution in [0.3, 0.4) is 0 Å². The molecule has 0 fully saturated rings. The average Bonchev–Trinajstić information content (AvgIpc) is 2.63. The summed E-state index contributed by atoms with van der Waals surface area (Å²) in [6.45, 7) is 3.36. The first-order valence-corrected chi connectivity index (χ1v) is 7.23. The monoisotopic (exact) mass is 320 g/mol. The van der Waals surface area contributed by atoms with E-state index in [0.717, 1.165) is 15.3 Å². The van der Waals surface area contributed by atoms with Crippen LogP contribution in [0, 0.1) is 18.6 Å². The van der Waals surface area contributed by atoms with Gasteiger partial charge in [-0.15, -0.1) is 11.3 Å². The summed E-state index contributed by atoms with van der Waals surface area (Å²) in [7, 11) is 0. The van der Waals surface area contributed by atoms with Gasteiger partial charge >= 0.3 is 0 Å². The zero-order valence-corrected chi connectivity index (χ0v) is 12.7. The van der Waals surface area contributed by atoms with Crippen molar-refractivity contribution in [2.75, 3.05) is 13.2 Å². The Labute approximate surface area is 123 Å². The van der Waals surface area contributed by atoms with Gasteiger partial charge in [0.1, 0.15) is 11.4 Å². The second-order valence-corrected chi connectivity index (χ2v) is 5.95. The topological polar surface area (TPSA) is 47.0 Å². The zero-order chi connectivity index (χ0) is 14.9. The maximum absolute atomic E-state index is 12.4. The van der Waals surface area contributed by atoms with Crippen LogP contribution in [0.25, 0.3) is 10.2 Å². The third-order valence-corrected chi connectivity index (χ3v) is 4.46. The first-order chi connectivity index (χ1) is 9.41. The highest BCUT2D eigenvalue weighted by atomic mass is 32.1. The number of fused-ring (bicyclic) bond motifs is 1. The fraction of sp³-hybridized carbons (Fsp3) is 0.500. The third kappa shape index (κ3) is 2.97. The number of thiophene rings is 1. The Bertz CT molecular complexity index is 733. The van der Waals surface area contributed by atoms with Crippen molar-refractivity contribution in [3.05, 3.63) is 25.6 Å². The van der Waals surface area contributed by atoms with E-state index in [1.807, 2.05) is 13.8 Å². The number of rotatable bonds is 5. The van der Waals surface area contributed by atoms with Crippen molar-refractivity contribution in [3.63, 3.8) is 0 Å². The van der Waals surface area contributed by atoms with Gasteiger partial charge in [-0.1, -0.05) is 0 Å². The highest BCUT2D eigenvalue weighted by Gasteiger charge is 2.12. The normalized spacial score (nSPS) is 11.7. The summed E-state index contributed by atoms with van der Waals surface area (Å²) >= 11 is 6.61. The van der Waals surface area contributed by atoms with Crippen LogP contribution in [0.5, 0.6) is 0 Å². The van der Waals surface area contributed by atoms with Gasteiger partial charge in [0.05, 0.1) is 18.5 Å². The minimum absolute atomic E-state index is 0.0232. The lowest BCUT2D eigenvalue weighted by molar-refractivity contribution is 0.0144. The highest BCUT2D eigenvalue weighted by molar-refractivity contribution is 7.71. The first kappa shape index (κ1) is 15.3. The van der Waals surface area contributed by atoms with Gasteiger partial charge in [0.15, 0.2) is 4.77 Å². The number of hydrogen-bond acceptors (Lipinski definition) is 4. The van der Waals surface area contributed by atoms with Gasteiger partial charge in [0.2, 0.25) is 0 Å². The van der Waals surface area contributed by atoms with Crippen LogP contribution in [0.4, 0.5) is 8.78 Å². The molecule has 0 bridgehead atoms. The van der Waals surface area contributed by atoms with Crippen molar-refractivity contribution >= 4 is 33.8 Å². The lowest BCUT2D eigenvalue weighted by atomic mass is 10.2. The number of alkyl halides is 2. The van der Waals surface area contributed by atoms with Gasteiger partial charge in [0, 0.05) is 4.88 Å². The predicted molar refractivity (Wildman–Crippen MR) is 77.6 cm³/mol. The molecule has 110 valence electrons. The summed E-state index contributed by atoms with van der Waals surface area (Å²) < 4.78 is 30.3. The number of aryl methyl sites for hydroxylation is 2. The number of aromatic amines is 1. The molecule has 0 aliphatic rings. The van der Waals surface area contributed by atoms with Crippen molar-refractivity contribution in [2.45, 2.75) is 26.8 Å². The Kier molecular flexibility index (Phi) is 4.66. The average molecular weight is 320 g/mol. The second-order valence-electron chi connectivity index (χ2n) is 4.34. The van der Waals surface area contributed by atoms with E-state index in [1.165, 1.54) is 15.9 Å². The molecule has 4 nitrogen and oxygen atoms in total. The predicted octanol–water partition coefficient (Wildman–Crippen LogP) is 3.02. The molecule has 8 heteroatoms. The van der Waals surface area contributed by atoms with Crippen molar-refractivity contribution < 1.29 is 13.5 Å². The smallest absolute Gasteiger partial charge is 0.263 e. The van der Waals surface area contributed by atoms with Gasteiger partial charge < -0.3 is 9.72 Å². The molecule has 0 saturated carbocycles. The number of nitrogens with one attached hydrogen (secondary N) is 1. The molecule has 0 unspecified atom stereocenters. The van der Waals surface area contributed by atoms with Crippen LogP contribution in [0.2, 0.25) is 0 Å². The van der Waals surface area contributed by atoms with Crippen LogP contribution < -0.4 is 5.56 Å². The molecular weight excluding hydrogens is 306 g/mol. The molecule has 2 aromatic rings. The lowest BCUT2D eigenvalue weighted by Gasteiger charge is -2.07. The molecule has 0 spiro atoms. The molecule has 0 saturated heterocycles. The Morgan fingerprint density at radius 2 is 2.15 bits per heavy atom. The van der Waals surface area contributed by atoms with Gasteiger partial charge in [-0.05, 0) is 31.6 Å². The molecule has 0 aliphatic carbocycles. The van der Waals surface area contributed by atoms with Crippen molar-refractivity contribution in [1.82, 2.24) is 9.55 Å². The zero-order valence-electron chi connectivity index (χ0n) is 11.0. The van der Waals surface area contributed by atoms with Gasteiger partial charge in [-0.25, -0.2) is 8.78 Å². The SMILES string of the molecule is Cc1sc2[nH]c(=S)n(CCOCC(F)F)c(=O)c2c1C. The standard InChI is InChI=1S/C12H14F2N2O2S2/c1-6-7(2)20-10-9(6)11(17)16(12(19)15-10)3-4-18-5-8(13)14/h8H,3-5H2,1-2H3,(H,15,19). The second kappa shape index (κ2) is 6.11. The summed E-state index contributed by atoms with van der Waals surface area (Å²) in [5.41, 5.74) is 0.717. The number of halogens is 2. The van der Waals surface area contributed by atoms with E-state index in [0.29, 0.717) is 5.39 Å². The van der Waals surface area contributed by atoms with Crippen molar-refractivity contribution in [1.29, 1.82) is 0 Å². The Hall–Kier alpha value is -1.12. The summed E-state index contributed by atoms with van der Waals surface area (Å²) in [6.07, 6.45) is -2.51. The van der Waals surface area contributed by atoms with Crippen molar-refractivity contribution in [2.24, 2.45) is 0 Å². The molecule has 0 atom stereocenters. The molecule has 20 heavy (non-hydrogen) atoms. The molecule has 0 aliphatic heterocycles. The molecular formula is C12H14F2N2O2S2. The summed E-state index contributed by atoms with van der Waals surface area (Å²) in [6, 6.07) is 0. The van der Waals surface area contributed by atoms with Crippen LogP contribution >= 0.6 is 23.6 Å². The molecule has 2 rings (SSSR count). The van der Waals surface area contributed by atoms with Crippen LogP contribution in [-0.2, 0) is 11.3 Å². The van der Waals surface area contributed by atoms with Crippen LogP contribution in [0.1, 0.15) is 10.4 Å². The van der Waals surface area contributed by atoms with Gasteiger partial charge in [0.25, 0.3) is 12.0 Å². The fourth-order valence-corrected chi connectivity index (χ4v) is 3.29. The number of ether oxygens (including phenoxy) is 1. The molecule has 0 aromatic carbocycles.